The minimum absolute atomic E-state index is 0.362. The van der Waals surface area contributed by atoms with Gasteiger partial charge in [-0.2, -0.15) is 0 Å². The van der Waals surface area contributed by atoms with E-state index in [-0.39, 0.29) is 5.43 Å². The monoisotopic (exact) mass is 265 g/mol. The van der Waals surface area contributed by atoms with Gasteiger partial charge < -0.3 is 16.0 Å². The third kappa shape index (κ3) is 2.26. The quantitative estimate of drug-likeness (QED) is 0.611. The summed E-state index contributed by atoms with van der Waals surface area (Å²) in [4.78, 5) is 42.3. The first-order valence-corrected chi connectivity index (χ1v) is 5.57. The van der Waals surface area contributed by atoms with E-state index in [0.29, 0.717) is 22.6 Å². The molecule has 0 saturated carbocycles. The molecule has 0 fully saturated rings. The molecule has 7 nitrogen and oxygen atoms in total. The summed E-state index contributed by atoms with van der Waals surface area (Å²) in [5.74, 6) is 0. The zero-order valence-electron chi connectivity index (χ0n) is 11.1. The van der Waals surface area contributed by atoms with E-state index >= 15 is 0 Å². The zero-order chi connectivity index (χ0) is 14.7. The highest BCUT2D eigenvalue weighted by Gasteiger charge is 2.17. The van der Waals surface area contributed by atoms with Crippen molar-refractivity contribution in [2.75, 3.05) is 37.1 Å². The molecule has 102 valence electrons. The Morgan fingerprint density at radius 2 is 0.895 bits per heavy atom. The fourth-order valence-electron chi connectivity index (χ4n) is 1.67. The Hall–Kier alpha value is -2.44. The highest BCUT2D eigenvalue weighted by atomic mass is 16.2. The molecule has 0 bridgehead atoms. The second kappa shape index (κ2) is 5.47. The van der Waals surface area contributed by atoms with Crippen LogP contribution in [0.5, 0.6) is 0 Å². The lowest BCUT2D eigenvalue weighted by Crippen LogP contribution is -2.36. The Morgan fingerprint density at radius 3 is 1.11 bits per heavy atom. The Kier molecular flexibility index (Phi) is 4.21. The van der Waals surface area contributed by atoms with E-state index < -0.39 is 16.3 Å². The number of anilines is 3. The lowest BCUT2D eigenvalue weighted by Gasteiger charge is -2.07. The summed E-state index contributed by atoms with van der Waals surface area (Å²) in [6, 6.07) is 0. The van der Waals surface area contributed by atoms with E-state index in [9.17, 15) is 19.2 Å². The van der Waals surface area contributed by atoms with E-state index in [0.717, 1.165) is 0 Å². The van der Waals surface area contributed by atoms with E-state index in [4.69, 9.17) is 0 Å². The molecular formula is C12H15N3O4. The Morgan fingerprint density at radius 1 is 0.579 bits per heavy atom. The SMILES string of the molecule is CNc1c(C)c(=O)c1=O.CNc1c(NC)c(=O)c1=O. The van der Waals surface area contributed by atoms with Crippen molar-refractivity contribution in [2.24, 2.45) is 0 Å². The smallest absolute Gasteiger partial charge is 0.253 e. The molecule has 0 unspecified atom stereocenters. The van der Waals surface area contributed by atoms with Gasteiger partial charge in [0.15, 0.2) is 0 Å². The van der Waals surface area contributed by atoms with Crippen LogP contribution in [0, 0.1) is 6.92 Å². The Balaban J connectivity index is 0.000000191. The van der Waals surface area contributed by atoms with Crippen LogP contribution in [0.1, 0.15) is 5.56 Å². The fraction of sp³-hybridized carbons (Fsp3) is 0.333. The van der Waals surface area contributed by atoms with Crippen molar-refractivity contribution >= 4 is 17.1 Å². The van der Waals surface area contributed by atoms with Crippen molar-refractivity contribution in [3.8, 4) is 0 Å². The molecule has 0 aliphatic carbocycles. The largest absolute Gasteiger partial charge is 0.385 e. The van der Waals surface area contributed by atoms with Gasteiger partial charge in [-0.1, -0.05) is 0 Å². The maximum absolute atomic E-state index is 10.7. The molecule has 2 aromatic rings. The van der Waals surface area contributed by atoms with Gasteiger partial charge in [0.25, 0.3) is 10.9 Å². The van der Waals surface area contributed by atoms with Gasteiger partial charge in [-0.15, -0.1) is 0 Å². The Bertz CT molecular complexity index is 699. The zero-order valence-corrected chi connectivity index (χ0v) is 11.1. The molecule has 7 heteroatoms. The molecule has 2 aromatic carbocycles. The third-order valence-electron chi connectivity index (χ3n) is 2.81. The maximum Gasteiger partial charge on any atom is 0.253 e. The Labute approximate surface area is 108 Å². The lowest BCUT2D eigenvalue weighted by atomic mass is 10.1. The molecule has 0 spiro atoms. The molecule has 0 atom stereocenters. The van der Waals surface area contributed by atoms with Crippen molar-refractivity contribution in [1.82, 2.24) is 0 Å². The minimum atomic E-state index is -0.438. The predicted octanol–water partition coefficient (Wildman–Crippen LogP) is -1.00. The van der Waals surface area contributed by atoms with Crippen LogP contribution in [0.2, 0.25) is 0 Å². The molecule has 0 heterocycles. The highest BCUT2D eigenvalue weighted by Crippen LogP contribution is 2.10. The predicted molar refractivity (Wildman–Crippen MR) is 76.1 cm³/mol. The fourth-order valence-corrected chi connectivity index (χ4v) is 1.67. The van der Waals surface area contributed by atoms with Gasteiger partial charge in [0.05, 0.1) is 5.69 Å². The van der Waals surface area contributed by atoms with Gasteiger partial charge >= 0.3 is 0 Å². The number of hydrogen-bond donors (Lipinski definition) is 3. The van der Waals surface area contributed by atoms with Gasteiger partial charge in [-0.25, -0.2) is 0 Å². The number of hydrogen-bond acceptors (Lipinski definition) is 7. The number of rotatable bonds is 3. The van der Waals surface area contributed by atoms with Crippen LogP contribution in [-0.4, -0.2) is 21.1 Å². The summed E-state index contributed by atoms with van der Waals surface area (Å²) in [6.45, 7) is 1.63. The molecule has 0 aliphatic rings. The van der Waals surface area contributed by atoms with Crippen LogP contribution in [0.15, 0.2) is 19.2 Å². The molecule has 0 saturated heterocycles. The average Bonchev–Trinajstić information content (AvgIpc) is 2.44. The summed E-state index contributed by atoms with van der Waals surface area (Å²) in [5.41, 5.74) is 0.135. The minimum Gasteiger partial charge on any atom is -0.385 e. The normalized spacial score (nSPS) is 9.89. The highest BCUT2D eigenvalue weighted by molar-refractivity contribution is 5.73. The van der Waals surface area contributed by atoms with E-state index in [1.54, 1.807) is 28.1 Å². The first-order valence-electron chi connectivity index (χ1n) is 5.57. The number of nitrogens with one attached hydrogen (secondary N) is 3. The van der Waals surface area contributed by atoms with E-state index in [1.807, 2.05) is 0 Å². The second-order valence-electron chi connectivity index (χ2n) is 3.82. The molecule has 2 rings (SSSR count). The molecule has 0 aromatic heterocycles. The van der Waals surface area contributed by atoms with Crippen molar-refractivity contribution in [3.63, 3.8) is 0 Å². The van der Waals surface area contributed by atoms with Crippen LogP contribution in [0.4, 0.5) is 17.1 Å². The molecule has 3 N–H and O–H groups in total. The molecule has 19 heavy (non-hydrogen) atoms. The summed E-state index contributed by atoms with van der Waals surface area (Å²) < 4.78 is 0. The van der Waals surface area contributed by atoms with Crippen molar-refractivity contribution < 1.29 is 0 Å². The first kappa shape index (κ1) is 14.6. The van der Waals surface area contributed by atoms with Gasteiger partial charge in [0, 0.05) is 26.7 Å². The molecular weight excluding hydrogens is 250 g/mol. The topological polar surface area (TPSA) is 104 Å². The maximum atomic E-state index is 10.7. The van der Waals surface area contributed by atoms with Crippen LogP contribution in [0.3, 0.4) is 0 Å². The van der Waals surface area contributed by atoms with E-state index in [1.165, 1.54) is 0 Å². The van der Waals surface area contributed by atoms with Gasteiger partial charge in [0.1, 0.15) is 11.4 Å². The summed E-state index contributed by atoms with van der Waals surface area (Å²) in [6.07, 6.45) is 0. The van der Waals surface area contributed by atoms with Gasteiger partial charge in [0.2, 0.25) is 10.9 Å². The summed E-state index contributed by atoms with van der Waals surface area (Å²) >= 11 is 0. The van der Waals surface area contributed by atoms with Crippen LogP contribution < -0.4 is 37.7 Å². The summed E-state index contributed by atoms with van der Waals surface area (Å²) in [7, 11) is 4.84. The third-order valence-corrected chi connectivity index (χ3v) is 2.81. The van der Waals surface area contributed by atoms with E-state index in [2.05, 4.69) is 16.0 Å². The summed E-state index contributed by atoms with van der Waals surface area (Å²) in [5, 5.41) is 7.90. The molecule has 0 radical (unpaired) electrons. The van der Waals surface area contributed by atoms with Crippen molar-refractivity contribution in [3.05, 3.63) is 46.5 Å². The van der Waals surface area contributed by atoms with Crippen LogP contribution in [0.25, 0.3) is 0 Å². The van der Waals surface area contributed by atoms with Gasteiger partial charge in [-0.05, 0) is 6.92 Å². The van der Waals surface area contributed by atoms with Crippen LogP contribution in [-0.2, 0) is 0 Å². The molecule has 0 amide bonds. The lowest BCUT2D eigenvalue weighted by molar-refractivity contribution is 1.25. The average molecular weight is 265 g/mol. The van der Waals surface area contributed by atoms with Crippen LogP contribution >= 0.6 is 0 Å². The first-order chi connectivity index (χ1) is 8.90. The van der Waals surface area contributed by atoms with Crippen molar-refractivity contribution in [2.45, 2.75) is 6.92 Å². The second-order valence-corrected chi connectivity index (χ2v) is 3.82. The molecule has 0 aliphatic heterocycles. The van der Waals surface area contributed by atoms with Crippen molar-refractivity contribution in [1.29, 1.82) is 0 Å². The standard InChI is InChI=1S/C6H8N2O2.C6H7NO2/c1-7-3-4(8-2)6(10)5(3)9;1-3-4(7-2)6(9)5(3)8/h7-8H,1-2H3;7H,1-2H3. The van der Waals surface area contributed by atoms with Gasteiger partial charge in [-0.3, -0.25) is 19.2 Å².